The summed E-state index contributed by atoms with van der Waals surface area (Å²) >= 11 is 0. The summed E-state index contributed by atoms with van der Waals surface area (Å²) in [5.74, 6) is -1.21. The van der Waals surface area contributed by atoms with Crippen LogP contribution in [0.15, 0.2) is 23.1 Å². The van der Waals surface area contributed by atoms with Crippen molar-refractivity contribution in [2.45, 2.75) is 30.8 Å². The van der Waals surface area contributed by atoms with Crippen LogP contribution in [0.1, 0.15) is 12.5 Å². The fourth-order valence-electron chi connectivity index (χ4n) is 3.61. The van der Waals surface area contributed by atoms with Gasteiger partial charge in [-0.2, -0.15) is 4.31 Å². The number of rotatable bonds is 5. The number of nitrogens with zero attached hydrogens (tertiary/aromatic N) is 3. The van der Waals surface area contributed by atoms with Crippen molar-refractivity contribution < 1.29 is 27.1 Å². The number of fused-ring (bicyclic) bond motifs is 1. The largest absolute Gasteiger partial charge is 0.383 e. The maximum atomic E-state index is 13.6. The molecule has 2 atom stereocenters. The van der Waals surface area contributed by atoms with E-state index in [1.54, 1.807) is 4.90 Å². The molecule has 2 aliphatic heterocycles. The van der Waals surface area contributed by atoms with E-state index in [0.29, 0.717) is 26.2 Å². The smallest absolute Gasteiger partial charge is 0.246 e. The van der Waals surface area contributed by atoms with Crippen LogP contribution in [-0.2, 0) is 24.3 Å². The lowest BCUT2D eigenvalue weighted by Gasteiger charge is -2.47. The highest BCUT2D eigenvalue weighted by Gasteiger charge is 2.49. The third-order valence-corrected chi connectivity index (χ3v) is 7.24. The van der Waals surface area contributed by atoms with E-state index in [1.165, 1.54) is 38.0 Å². The molecule has 2 amide bonds. The zero-order valence-electron chi connectivity index (χ0n) is 16.1. The molecule has 0 radical (unpaired) electrons. The number of aryl methyl sites for hydroxylation is 1. The molecule has 1 aromatic rings. The number of ether oxygens (including phenoxy) is 1. The van der Waals surface area contributed by atoms with Crippen LogP contribution in [0.3, 0.4) is 0 Å². The Bertz CT molecular complexity index is 891. The lowest BCUT2D eigenvalue weighted by Crippen LogP contribution is -2.69. The van der Waals surface area contributed by atoms with E-state index < -0.39 is 33.8 Å². The lowest BCUT2D eigenvalue weighted by molar-refractivity contribution is -0.158. The quantitative estimate of drug-likeness (QED) is 0.689. The monoisotopic (exact) mass is 413 g/mol. The minimum absolute atomic E-state index is 0.0982. The first kappa shape index (κ1) is 20.7. The molecule has 0 aromatic heterocycles. The van der Waals surface area contributed by atoms with Crippen LogP contribution in [0.5, 0.6) is 0 Å². The molecule has 0 aliphatic carbocycles. The van der Waals surface area contributed by atoms with Crippen molar-refractivity contribution in [1.82, 2.24) is 14.1 Å². The summed E-state index contributed by atoms with van der Waals surface area (Å²) in [4.78, 5) is 28.6. The Hall–Kier alpha value is -2.04. The fraction of sp³-hybridized carbons (Fsp3) is 0.556. The molecule has 10 heteroatoms. The van der Waals surface area contributed by atoms with E-state index in [9.17, 15) is 22.4 Å². The average Bonchev–Trinajstić information content (AvgIpc) is 2.66. The molecule has 2 aliphatic rings. The third-order valence-electron chi connectivity index (χ3n) is 5.31. The Morgan fingerprint density at radius 2 is 1.93 bits per heavy atom. The number of hydrogen-bond donors (Lipinski definition) is 0. The van der Waals surface area contributed by atoms with Crippen LogP contribution in [0.25, 0.3) is 0 Å². The van der Waals surface area contributed by atoms with Crippen LogP contribution in [-0.4, -0.2) is 86.3 Å². The molecule has 0 bridgehead atoms. The molecular formula is C18H24FN3O5S. The number of amides is 2. The van der Waals surface area contributed by atoms with E-state index in [0.717, 1.165) is 10.4 Å². The van der Waals surface area contributed by atoms with E-state index in [4.69, 9.17) is 4.74 Å². The Balaban J connectivity index is 1.91. The van der Waals surface area contributed by atoms with Crippen molar-refractivity contribution in [3.8, 4) is 0 Å². The van der Waals surface area contributed by atoms with Crippen LogP contribution in [0.4, 0.5) is 4.39 Å². The van der Waals surface area contributed by atoms with Gasteiger partial charge in [-0.15, -0.1) is 0 Å². The molecule has 154 valence electrons. The van der Waals surface area contributed by atoms with Gasteiger partial charge in [0.05, 0.1) is 11.5 Å². The summed E-state index contributed by atoms with van der Waals surface area (Å²) in [6, 6.07) is 1.69. The normalized spacial score (nSPS) is 23.9. The van der Waals surface area contributed by atoms with Gasteiger partial charge in [0.1, 0.15) is 17.9 Å². The van der Waals surface area contributed by atoms with Crippen LogP contribution in [0.2, 0.25) is 0 Å². The number of hydrogen-bond acceptors (Lipinski definition) is 5. The number of sulfonamides is 1. The first-order chi connectivity index (χ1) is 13.2. The van der Waals surface area contributed by atoms with Crippen molar-refractivity contribution in [3.05, 3.63) is 29.6 Å². The zero-order valence-corrected chi connectivity index (χ0v) is 16.9. The van der Waals surface area contributed by atoms with Gasteiger partial charge in [0, 0.05) is 33.3 Å². The number of carbonyl (C=O) groups excluding carboxylic acids is 2. The minimum Gasteiger partial charge on any atom is -0.383 e. The van der Waals surface area contributed by atoms with Gasteiger partial charge in [0.15, 0.2) is 0 Å². The minimum atomic E-state index is -4.07. The molecule has 2 unspecified atom stereocenters. The van der Waals surface area contributed by atoms with E-state index >= 15 is 0 Å². The highest BCUT2D eigenvalue weighted by Crippen LogP contribution is 2.28. The molecular weight excluding hydrogens is 389 g/mol. The molecule has 0 spiro atoms. The van der Waals surface area contributed by atoms with Gasteiger partial charge in [-0.25, -0.2) is 12.8 Å². The molecule has 2 fully saturated rings. The van der Waals surface area contributed by atoms with E-state index in [-0.39, 0.29) is 22.9 Å². The number of halogens is 1. The Morgan fingerprint density at radius 3 is 2.57 bits per heavy atom. The fourth-order valence-corrected chi connectivity index (χ4v) is 5.29. The van der Waals surface area contributed by atoms with Crippen LogP contribution in [0, 0.1) is 12.7 Å². The molecule has 0 saturated carbocycles. The van der Waals surface area contributed by atoms with Gasteiger partial charge >= 0.3 is 0 Å². The first-order valence-corrected chi connectivity index (χ1v) is 10.5. The second-order valence-electron chi connectivity index (χ2n) is 7.03. The molecule has 2 saturated heterocycles. The molecule has 8 nitrogen and oxygen atoms in total. The predicted molar refractivity (Wildman–Crippen MR) is 98.4 cm³/mol. The Morgan fingerprint density at radius 1 is 1.21 bits per heavy atom. The van der Waals surface area contributed by atoms with Gasteiger partial charge < -0.3 is 14.5 Å². The van der Waals surface area contributed by atoms with E-state index in [1.807, 2.05) is 0 Å². The molecule has 2 heterocycles. The molecule has 0 N–H and O–H groups in total. The number of carbonyl (C=O) groups is 2. The highest BCUT2D eigenvalue weighted by molar-refractivity contribution is 7.89. The zero-order chi connectivity index (χ0) is 20.6. The predicted octanol–water partition coefficient (Wildman–Crippen LogP) is 0.213. The summed E-state index contributed by atoms with van der Waals surface area (Å²) in [6.45, 7) is 4.34. The first-order valence-electron chi connectivity index (χ1n) is 9.04. The van der Waals surface area contributed by atoms with Crippen molar-refractivity contribution in [2.75, 3.05) is 39.9 Å². The van der Waals surface area contributed by atoms with Crippen molar-refractivity contribution in [1.29, 1.82) is 0 Å². The van der Waals surface area contributed by atoms with Gasteiger partial charge in [-0.05, 0) is 37.6 Å². The topological polar surface area (TPSA) is 87.2 Å². The Kier molecular flexibility index (Phi) is 5.74. The number of benzene rings is 1. The highest BCUT2D eigenvalue weighted by atomic mass is 32.2. The third kappa shape index (κ3) is 3.51. The van der Waals surface area contributed by atoms with Crippen LogP contribution < -0.4 is 0 Å². The number of piperazine rings is 2. The molecule has 1 aromatic carbocycles. The lowest BCUT2D eigenvalue weighted by atomic mass is 10.0. The van der Waals surface area contributed by atoms with Gasteiger partial charge in [-0.3, -0.25) is 9.59 Å². The summed E-state index contributed by atoms with van der Waals surface area (Å²) in [6.07, 6.45) is 0. The summed E-state index contributed by atoms with van der Waals surface area (Å²) in [5.41, 5.74) is 0.193. The average molecular weight is 413 g/mol. The SMILES string of the molecule is COCCN1CCN2C(=O)C(C)N(S(=O)(=O)c3ccc(F)c(C)c3)CC2C1=O. The maximum Gasteiger partial charge on any atom is 0.246 e. The Labute approximate surface area is 163 Å². The molecule has 3 rings (SSSR count). The van der Waals surface area contributed by atoms with Crippen molar-refractivity contribution >= 4 is 21.8 Å². The summed E-state index contributed by atoms with van der Waals surface area (Å²) in [7, 11) is -2.53. The van der Waals surface area contributed by atoms with E-state index in [2.05, 4.69) is 0 Å². The standard InChI is InChI=1S/C18H24FN3O5S/c1-12-10-14(4-5-15(12)19)28(25,26)22-11-16-18(24)20(8-9-27-3)6-7-21(16)17(23)13(22)2/h4-5,10,13,16H,6-9,11H2,1-3H3. The summed E-state index contributed by atoms with van der Waals surface area (Å²) in [5, 5.41) is 0. The summed E-state index contributed by atoms with van der Waals surface area (Å²) < 4.78 is 45.9. The second kappa shape index (κ2) is 7.76. The van der Waals surface area contributed by atoms with Gasteiger partial charge in [0.25, 0.3) is 0 Å². The van der Waals surface area contributed by atoms with Gasteiger partial charge in [-0.1, -0.05) is 0 Å². The van der Waals surface area contributed by atoms with Crippen molar-refractivity contribution in [2.24, 2.45) is 0 Å². The van der Waals surface area contributed by atoms with Crippen LogP contribution >= 0.6 is 0 Å². The van der Waals surface area contributed by atoms with Gasteiger partial charge in [0.2, 0.25) is 21.8 Å². The number of methoxy groups -OCH3 is 1. The van der Waals surface area contributed by atoms with Crippen molar-refractivity contribution in [3.63, 3.8) is 0 Å². The second-order valence-corrected chi connectivity index (χ2v) is 8.92. The molecule has 28 heavy (non-hydrogen) atoms. The maximum absolute atomic E-state index is 13.6.